The van der Waals surface area contributed by atoms with Gasteiger partial charge in [-0.05, 0) is 113 Å². The molecule has 6 rings (SSSR count). The van der Waals surface area contributed by atoms with Gasteiger partial charge in [-0.25, -0.2) is 9.59 Å². The second kappa shape index (κ2) is 26.2. The number of aromatic carboxylic acids is 1. The van der Waals surface area contributed by atoms with Crippen LogP contribution in [-0.4, -0.2) is 182 Å². The zero-order valence-corrected chi connectivity index (χ0v) is 48.7. The lowest BCUT2D eigenvalue weighted by atomic mass is 9.74. The van der Waals surface area contributed by atoms with E-state index in [1.54, 1.807) is 64.1 Å². The van der Waals surface area contributed by atoms with Crippen molar-refractivity contribution in [3.05, 3.63) is 40.2 Å². The zero-order valence-electron chi connectivity index (χ0n) is 47.9. The van der Waals surface area contributed by atoms with Crippen LogP contribution in [0.15, 0.2) is 34.1 Å². The molecule has 77 heavy (non-hydrogen) atoms. The highest BCUT2D eigenvalue weighted by Crippen LogP contribution is 2.44. The number of likely N-dealkylation sites (N-methyl/N-ethyl adjacent to an activating group) is 1. The molecule has 0 bridgehead atoms. The number of nitrogens with one attached hydrogen (secondary N) is 1. The summed E-state index contributed by atoms with van der Waals surface area (Å²) < 4.78 is 65.9. The van der Waals surface area contributed by atoms with E-state index >= 15 is 0 Å². The molecule has 2 aromatic rings. The van der Waals surface area contributed by atoms with Gasteiger partial charge in [-0.1, -0.05) is 27.7 Å². The van der Waals surface area contributed by atoms with E-state index in [1.807, 2.05) is 72.7 Å². The average Bonchev–Trinajstić information content (AvgIpc) is 3.74. The summed E-state index contributed by atoms with van der Waals surface area (Å²) in [6.07, 6.45) is -6.38. The lowest BCUT2D eigenvalue weighted by Crippen LogP contribution is -2.61. The van der Waals surface area contributed by atoms with Crippen LogP contribution < -0.4 is 10.7 Å². The number of thioether (sulfide) groups is 1. The van der Waals surface area contributed by atoms with Crippen molar-refractivity contribution in [3.8, 4) is 0 Å². The number of aliphatic hydroxyl groups is 1. The topological polar surface area (TPSA) is 238 Å². The van der Waals surface area contributed by atoms with Gasteiger partial charge in [0.25, 0.3) is 0 Å². The van der Waals surface area contributed by atoms with Gasteiger partial charge < -0.3 is 72.4 Å². The number of ketones is 1. The molecule has 1 aromatic heterocycles. The van der Waals surface area contributed by atoms with Crippen LogP contribution in [0, 0.1) is 23.7 Å². The molecule has 3 N–H and O–H groups in total. The van der Waals surface area contributed by atoms with Gasteiger partial charge in [0.1, 0.15) is 29.7 Å². The maximum absolute atomic E-state index is 14.8. The molecule has 18 atom stereocenters. The second-order valence-electron chi connectivity index (χ2n) is 22.5. The Labute approximate surface area is 458 Å². The van der Waals surface area contributed by atoms with Crippen molar-refractivity contribution in [2.75, 3.05) is 53.8 Å². The minimum absolute atomic E-state index is 0.122. The van der Waals surface area contributed by atoms with Crippen LogP contribution in [0.5, 0.6) is 0 Å². The summed E-state index contributed by atoms with van der Waals surface area (Å²) in [4.78, 5) is 69.8. The Hall–Kier alpha value is -3.74. The number of Topliss-reactive ketones (excluding diaryl/α,β-unsaturated/α-hetero) is 1. The number of esters is 1. The van der Waals surface area contributed by atoms with Crippen molar-refractivity contribution >= 4 is 46.5 Å². The number of pyridine rings is 1. The molecule has 0 amide bonds. The Morgan fingerprint density at radius 3 is 2.23 bits per heavy atom. The summed E-state index contributed by atoms with van der Waals surface area (Å²) in [5.74, 6) is -4.70. The number of hydrogen-bond acceptors (Lipinski definition) is 19. The zero-order chi connectivity index (χ0) is 56.9. The molecular weight excluding hydrogens is 1020 g/mol. The van der Waals surface area contributed by atoms with Crippen molar-refractivity contribution in [2.24, 2.45) is 23.7 Å². The maximum atomic E-state index is 14.8. The number of carbonyl (C=O) groups excluding carboxylic acids is 3. The van der Waals surface area contributed by atoms with Crippen LogP contribution in [-0.2, 0) is 63.5 Å². The highest BCUT2D eigenvalue weighted by Gasteiger charge is 2.60. The first-order chi connectivity index (χ1) is 36.3. The molecule has 4 fully saturated rings. The number of carbonyl (C=O) groups is 4. The smallest absolute Gasteiger partial charge is 0.477 e. The third-order valence-corrected chi connectivity index (χ3v) is 17.6. The van der Waals surface area contributed by atoms with Crippen molar-refractivity contribution in [1.82, 2.24) is 14.8 Å². The molecule has 0 unspecified atom stereocenters. The Bertz CT molecular complexity index is 2430. The van der Waals surface area contributed by atoms with E-state index in [9.17, 15) is 34.2 Å². The van der Waals surface area contributed by atoms with E-state index in [1.165, 1.54) is 13.3 Å². The van der Waals surface area contributed by atoms with Gasteiger partial charge in [0.15, 0.2) is 24.3 Å². The number of aryl methyl sites for hydroxylation is 1. The number of fused-ring (bicyclic) bond motifs is 2. The first-order valence-electron chi connectivity index (χ1n) is 27.3. The predicted octanol–water partition coefficient (Wildman–Crippen LogP) is 6.45. The van der Waals surface area contributed by atoms with Gasteiger partial charge >= 0.3 is 18.1 Å². The molecule has 21 heteroatoms. The first kappa shape index (κ1) is 62.5. The van der Waals surface area contributed by atoms with Crippen molar-refractivity contribution in [2.45, 2.75) is 204 Å². The van der Waals surface area contributed by atoms with Gasteiger partial charge in [-0.2, -0.15) is 0 Å². The Kier molecular flexibility index (Phi) is 21.3. The van der Waals surface area contributed by atoms with E-state index in [0.717, 1.165) is 4.90 Å². The summed E-state index contributed by atoms with van der Waals surface area (Å²) in [6, 6.07) is 5.25. The highest BCUT2D eigenvalue weighted by atomic mass is 32.2. The fraction of sp³-hybridized carbons (Fsp3) is 0.768. The van der Waals surface area contributed by atoms with E-state index in [0.29, 0.717) is 55.7 Å². The summed E-state index contributed by atoms with van der Waals surface area (Å²) in [5, 5.41) is 25.3. The fourth-order valence-corrected chi connectivity index (χ4v) is 13.0. The number of hydrogen-bond donors (Lipinski definition) is 3. The van der Waals surface area contributed by atoms with Crippen LogP contribution in [0.3, 0.4) is 0 Å². The minimum Gasteiger partial charge on any atom is -0.477 e. The lowest BCUT2D eigenvalue weighted by Gasteiger charge is -2.50. The molecule has 4 saturated heterocycles. The van der Waals surface area contributed by atoms with Crippen molar-refractivity contribution in [3.63, 3.8) is 0 Å². The molecule has 20 nitrogen and oxygen atoms in total. The average molecular weight is 1110 g/mol. The minimum atomic E-state index is -1.50. The van der Waals surface area contributed by atoms with Crippen molar-refractivity contribution < 1.29 is 76.8 Å². The van der Waals surface area contributed by atoms with Gasteiger partial charge in [-0.15, -0.1) is 11.8 Å². The summed E-state index contributed by atoms with van der Waals surface area (Å²) >= 11 is 1.57. The van der Waals surface area contributed by atoms with Gasteiger partial charge in [0, 0.05) is 80.4 Å². The maximum Gasteiger partial charge on any atom is 0.509 e. The molecule has 0 radical (unpaired) electrons. The van der Waals surface area contributed by atoms with Gasteiger partial charge in [-0.3, -0.25) is 14.4 Å². The predicted molar refractivity (Wildman–Crippen MR) is 287 cm³/mol. The van der Waals surface area contributed by atoms with Crippen LogP contribution in [0.1, 0.15) is 119 Å². The van der Waals surface area contributed by atoms with E-state index < -0.39 is 119 Å². The Morgan fingerprint density at radius 2 is 1.60 bits per heavy atom. The standard InChI is InChI=1S/C56H87N3O17S/c1-16-41-56(11)48(75-53(66)76-56)32(5)43(60)30(3)27-54(9,67-14)47(74-52-45(62)40(58(12)13)25-31(4)70-52)33(6)46(34(7)51(65)72-41)73-42-28-55(10,68-15)49(35(8)71-42)69-23-18-21-57-22-24-77-36-19-20-39-37(26-36)44(61)38(50(63)64)29-59(39)17-2/h19-20,26,29-35,40-42,45-49,52,57,62H,16-18,21-25,27-28H2,1-15H3,(H,63,64)/t30-,31-,32+,33+,34+,35-,40+,41-,42+,45+,46+,47-,48+,49+,52+,54+,55-,56-/m0/s1. The summed E-state index contributed by atoms with van der Waals surface area (Å²) in [6.45, 7) is 22.3. The number of aromatic nitrogens is 1. The first-order valence-corrected chi connectivity index (χ1v) is 28.3. The molecule has 4 aliphatic heterocycles. The third-order valence-electron chi connectivity index (χ3n) is 16.7. The molecule has 5 heterocycles. The Balaban J connectivity index is 1.19. The van der Waals surface area contributed by atoms with Crippen LogP contribution in [0.25, 0.3) is 10.9 Å². The quantitative estimate of drug-likeness (QED) is 0.0778. The van der Waals surface area contributed by atoms with Crippen LogP contribution in [0.2, 0.25) is 0 Å². The summed E-state index contributed by atoms with van der Waals surface area (Å²) in [7, 11) is 6.92. The van der Waals surface area contributed by atoms with E-state index in [-0.39, 0.29) is 42.8 Å². The number of carboxylic acids is 1. The Morgan fingerprint density at radius 1 is 0.909 bits per heavy atom. The number of ether oxygens (including phenoxy) is 10. The lowest BCUT2D eigenvalue weighted by molar-refractivity contribution is -0.322. The molecule has 0 saturated carbocycles. The molecule has 0 aliphatic carbocycles. The fourth-order valence-electron chi connectivity index (χ4n) is 12.2. The number of cyclic esters (lactones) is 1. The van der Waals surface area contributed by atoms with E-state index in [4.69, 9.17) is 47.4 Å². The number of carboxylic acid groups (broad SMARTS) is 1. The number of rotatable bonds is 19. The molecule has 434 valence electrons. The number of methoxy groups -OCH3 is 2. The summed E-state index contributed by atoms with van der Waals surface area (Å²) in [5.41, 5.74) is -3.75. The molecular formula is C56H87N3O17S. The normalized spacial score (nSPS) is 37.5. The molecule has 4 aliphatic rings. The monoisotopic (exact) mass is 1110 g/mol. The SMILES string of the molecule is CC[C@@H]1OC(=O)[C@H](C)[C@H](O[C@@H]2C[C@](C)(OC)[C@H](OCCCNCCSc3ccc4c(c3)c(=O)c(C(=O)O)cn4CC)[C@H](C)O2)[C@@H](C)[C@H](O[C@H]2O[C@@H](C)C[C@@H](N(C)C)[C@H]2O)[C@](C)(OC)C[C@H](C)C(=O)[C@@H](C)[C@H]2OC(=O)O[C@@]12C. The highest BCUT2D eigenvalue weighted by molar-refractivity contribution is 7.99. The van der Waals surface area contributed by atoms with Gasteiger partial charge in [0.2, 0.25) is 5.43 Å². The largest absolute Gasteiger partial charge is 0.509 e. The van der Waals surface area contributed by atoms with E-state index in [2.05, 4.69) is 5.32 Å². The molecule has 0 spiro atoms. The number of aliphatic hydroxyl groups excluding tert-OH is 1. The number of benzene rings is 1. The van der Waals surface area contributed by atoms with Crippen molar-refractivity contribution in [1.29, 1.82) is 0 Å². The third kappa shape index (κ3) is 13.7. The second-order valence-corrected chi connectivity index (χ2v) is 23.6. The van der Waals surface area contributed by atoms with Crippen LogP contribution >= 0.6 is 11.8 Å². The van der Waals surface area contributed by atoms with Crippen LogP contribution in [0.4, 0.5) is 4.79 Å². The molecule has 1 aromatic carbocycles. The number of nitrogens with zero attached hydrogens (tertiary/aromatic N) is 2. The van der Waals surface area contributed by atoms with Gasteiger partial charge in [0.05, 0.1) is 53.0 Å².